The highest BCUT2D eigenvalue weighted by Gasteiger charge is 2.33. The molecule has 1 amide bonds. The smallest absolute Gasteiger partial charge is 0.256 e. The summed E-state index contributed by atoms with van der Waals surface area (Å²) in [4.78, 5) is 19.3. The van der Waals surface area contributed by atoms with E-state index in [1.165, 1.54) is 22.3 Å². The van der Waals surface area contributed by atoms with Crippen molar-refractivity contribution in [3.8, 4) is 0 Å². The van der Waals surface area contributed by atoms with E-state index in [-0.39, 0.29) is 11.9 Å². The number of nitrogens with zero attached hydrogens (tertiary/aromatic N) is 2. The van der Waals surface area contributed by atoms with Crippen LogP contribution in [0.25, 0.3) is 0 Å². The number of pyridine rings is 1. The second kappa shape index (κ2) is 6.52. The van der Waals surface area contributed by atoms with Crippen LogP contribution in [0.2, 0.25) is 0 Å². The Morgan fingerprint density at radius 2 is 1.76 bits per heavy atom. The molecule has 0 bridgehead atoms. The van der Waals surface area contributed by atoms with Crippen molar-refractivity contribution in [1.82, 2.24) is 9.88 Å². The van der Waals surface area contributed by atoms with Crippen LogP contribution in [0.5, 0.6) is 0 Å². The Bertz CT molecular complexity index is 905. The SMILES string of the molecule is Cc1ccccc1C1c2ccccc2CCN1C(=O)c1cccnc1. The molecule has 4 rings (SSSR count). The van der Waals surface area contributed by atoms with Crippen molar-refractivity contribution in [1.29, 1.82) is 0 Å². The van der Waals surface area contributed by atoms with E-state index in [1.807, 2.05) is 29.2 Å². The lowest BCUT2D eigenvalue weighted by Gasteiger charge is -2.38. The Balaban J connectivity index is 1.84. The molecule has 0 aliphatic carbocycles. The number of carbonyl (C=O) groups excluding carboxylic acids is 1. The number of aryl methyl sites for hydroxylation is 1. The van der Waals surface area contributed by atoms with Gasteiger partial charge in [0.25, 0.3) is 5.91 Å². The molecular weight excluding hydrogens is 308 g/mol. The molecule has 3 aromatic rings. The molecule has 0 spiro atoms. The zero-order valence-electron chi connectivity index (χ0n) is 14.2. The van der Waals surface area contributed by atoms with Gasteiger partial charge in [0.2, 0.25) is 0 Å². The van der Waals surface area contributed by atoms with Crippen LogP contribution in [-0.2, 0) is 6.42 Å². The summed E-state index contributed by atoms with van der Waals surface area (Å²) < 4.78 is 0. The summed E-state index contributed by atoms with van der Waals surface area (Å²) >= 11 is 0. The van der Waals surface area contributed by atoms with Gasteiger partial charge in [-0.1, -0.05) is 48.5 Å². The van der Waals surface area contributed by atoms with E-state index in [9.17, 15) is 4.79 Å². The molecule has 0 saturated carbocycles. The maximum Gasteiger partial charge on any atom is 0.256 e. The molecule has 25 heavy (non-hydrogen) atoms. The van der Waals surface area contributed by atoms with Crippen molar-refractivity contribution in [2.75, 3.05) is 6.54 Å². The van der Waals surface area contributed by atoms with E-state index >= 15 is 0 Å². The van der Waals surface area contributed by atoms with Gasteiger partial charge in [-0.25, -0.2) is 0 Å². The molecule has 0 radical (unpaired) electrons. The van der Waals surface area contributed by atoms with E-state index in [0.717, 1.165) is 6.42 Å². The number of rotatable bonds is 2. The van der Waals surface area contributed by atoms with E-state index in [4.69, 9.17) is 0 Å². The maximum atomic E-state index is 13.2. The van der Waals surface area contributed by atoms with Crippen LogP contribution in [0.3, 0.4) is 0 Å². The number of carbonyl (C=O) groups is 1. The van der Waals surface area contributed by atoms with Gasteiger partial charge in [-0.15, -0.1) is 0 Å². The molecule has 1 unspecified atom stereocenters. The average molecular weight is 328 g/mol. The van der Waals surface area contributed by atoms with Crippen LogP contribution in [0.15, 0.2) is 73.1 Å². The highest BCUT2D eigenvalue weighted by atomic mass is 16.2. The Morgan fingerprint density at radius 3 is 2.52 bits per heavy atom. The van der Waals surface area contributed by atoms with Gasteiger partial charge in [-0.2, -0.15) is 0 Å². The molecule has 124 valence electrons. The Labute approximate surface area is 148 Å². The van der Waals surface area contributed by atoms with Crippen molar-refractivity contribution >= 4 is 5.91 Å². The molecule has 2 aromatic carbocycles. The first-order valence-electron chi connectivity index (χ1n) is 8.60. The van der Waals surface area contributed by atoms with E-state index < -0.39 is 0 Å². The standard InChI is InChI=1S/C22H20N2O/c1-16-7-2-4-10-19(16)21-20-11-5-3-8-17(20)12-14-24(21)22(25)18-9-6-13-23-15-18/h2-11,13,15,21H,12,14H2,1H3. The Morgan fingerprint density at radius 1 is 1.00 bits per heavy atom. The minimum absolute atomic E-state index is 0.0378. The molecule has 1 aromatic heterocycles. The summed E-state index contributed by atoms with van der Waals surface area (Å²) in [6.07, 6.45) is 4.23. The van der Waals surface area contributed by atoms with Crippen LogP contribution in [0.4, 0.5) is 0 Å². The summed E-state index contributed by atoms with van der Waals surface area (Å²) in [6.45, 7) is 2.82. The Hall–Kier alpha value is -2.94. The molecule has 2 heterocycles. The molecule has 0 N–H and O–H groups in total. The van der Waals surface area contributed by atoms with Gasteiger partial charge in [0.1, 0.15) is 0 Å². The highest BCUT2D eigenvalue weighted by molar-refractivity contribution is 5.94. The molecule has 3 heteroatoms. The summed E-state index contributed by atoms with van der Waals surface area (Å²) in [7, 11) is 0. The van der Waals surface area contributed by atoms with Crippen molar-refractivity contribution in [3.63, 3.8) is 0 Å². The third-order valence-corrected chi connectivity index (χ3v) is 4.94. The predicted molar refractivity (Wildman–Crippen MR) is 98.4 cm³/mol. The van der Waals surface area contributed by atoms with E-state index in [2.05, 4.69) is 48.3 Å². The lowest BCUT2D eigenvalue weighted by Crippen LogP contribution is -2.40. The number of aromatic nitrogens is 1. The number of fused-ring (bicyclic) bond motifs is 1. The van der Waals surface area contributed by atoms with Gasteiger partial charge in [-0.05, 0) is 47.7 Å². The Kier molecular flexibility index (Phi) is 4.06. The fourth-order valence-electron chi connectivity index (χ4n) is 3.67. The molecular formula is C22H20N2O. The van der Waals surface area contributed by atoms with Crippen LogP contribution >= 0.6 is 0 Å². The minimum atomic E-state index is -0.0566. The fourth-order valence-corrected chi connectivity index (χ4v) is 3.67. The third kappa shape index (κ3) is 2.82. The first-order valence-corrected chi connectivity index (χ1v) is 8.60. The third-order valence-electron chi connectivity index (χ3n) is 4.94. The second-order valence-electron chi connectivity index (χ2n) is 6.45. The van der Waals surface area contributed by atoms with Crippen molar-refractivity contribution < 1.29 is 4.79 Å². The van der Waals surface area contributed by atoms with Gasteiger partial charge in [0.15, 0.2) is 0 Å². The van der Waals surface area contributed by atoms with Gasteiger partial charge < -0.3 is 4.90 Å². The molecule has 1 aliphatic heterocycles. The van der Waals surface area contributed by atoms with E-state index in [1.54, 1.807) is 12.4 Å². The van der Waals surface area contributed by atoms with Crippen LogP contribution in [0, 0.1) is 6.92 Å². The summed E-state index contributed by atoms with van der Waals surface area (Å²) in [5, 5.41) is 0. The first-order chi connectivity index (χ1) is 12.3. The summed E-state index contributed by atoms with van der Waals surface area (Å²) in [5.74, 6) is 0.0378. The summed E-state index contributed by atoms with van der Waals surface area (Å²) in [5.41, 5.74) is 5.58. The monoisotopic (exact) mass is 328 g/mol. The molecule has 0 fully saturated rings. The number of hydrogen-bond acceptors (Lipinski definition) is 2. The quantitative estimate of drug-likeness (QED) is 0.707. The minimum Gasteiger partial charge on any atom is -0.327 e. The molecule has 3 nitrogen and oxygen atoms in total. The lowest BCUT2D eigenvalue weighted by atomic mass is 9.86. The van der Waals surface area contributed by atoms with Crippen molar-refractivity contribution in [3.05, 3.63) is 101 Å². The molecule has 0 saturated heterocycles. The largest absolute Gasteiger partial charge is 0.327 e. The number of hydrogen-bond donors (Lipinski definition) is 0. The second-order valence-corrected chi connectivity index (χ2v) is 6.45. The van der Waals surface area contributed by atoms with Gasteiger partial charge in [-0.3, -0.25) is 9.78 Å². The zero-order chi connectivity index (χ0) is 17.2. The fraction of sp³-hybridized carbons (Fsp3) is 0.182. The van der Waals surface area contributed by atoms with Crippen LogP contribution in [-0.4, -0.2) is 22.3 Å². The van der Waals surface area contributed by atoms with Gasteiger partial charge >= 0.3 is 0 Å². The highest BCUT2D eigenvalue weighted by Crippen LogP contribution is 2.37. The molecule has 1 aliphatic rings. The lowest BCUT2D eigenvalue weighted by molar-refractivity contribution is 0.0694. The van der Waals surface area contributed by atoms with Crippen molar-refractivity contribution in [2.45, 2.75) is 19.4 Å². The number of amides is 1. The predicted octanol–water partition coefficient (Wildman–Crippen LogP) is 4.18. The van der Waals surface area contributed by atoms with Gasteiger partial charge in [0, 0.05) is 18.9 Å². The van der Waals surface area contributed by atoms with Crippen molar-refractivity contribution in [2.24, 2.45) is 0 Å². The normalized spacial score (nSPS) is 16.4. The van der Waals surface area contributed by atoms with Crippen LogP contribution in [0.1, 0.15) is 38.7 Å². The first kappa shape index (κ1) is 15.6. The van der Waals surface area contributed by atoms with Gasteiger partial charge in [0.05, 0.1) is 11.6 Å². The number of benzene rings is 2. The van der Waals surface area contributed by atoms with Crippen LogP contribution < -0.4 is 0 Å². The van der Waals surface area contributed by atoms with E-state index in [0.29, 0.717) is 12.1 Å². The zero-order valence-corrected chi connectivity index (χ0v) is 14.2. The average Bonchev–Trinajstić information content (AvgIpc) is 2.68. The summed E-state index contributed by atoms with van der Waals surface area (Å²) in [6, 6.07) is 20.4. The molecule has 1 atom stereocenters. The topological polar surface area (TPSA) is 33.2 Å². The maximum absolute atomic E-state index is 13.2.